The van der Waals surface area contributed by atoms with Crippen LogP contribution in [-0.2, 0) is 11.9 Å². The third-order valence-electron chi connectivity index (χ3n) is 1.88. The second-order valence-electron chi connectivity index (χ2n) is 2.75. The monoisotopic (exact) mass is 221 g/mol. The first-order valence-electron chi connectivity index (χ1n) is 3.98. The number of para-hydroxylation sites is 1. The highest BCUT2D eigenvalue weighted by atomic mass is 32.1. The first-order chi connectivity index (χ1) is 6.50. The van der Waals surface area contributed by atoms with Gasteiger partial charge in [0.2, 0.25) is 0 Å². The minimum atomic E-state index is -4.32. The molecule has 0 bridgehead atoms. The highest BCUT2D eigenvalue weighted by Crippen LogP contribution is 2.36. The lowest BCUT2D eigenvalue weighted by molar-refractivity contribution is -0.137. The fraction of sp³-hybridized carbons (Fsp3) is 0.333. The third kappa shape index (κ3) is 2.15. The zero-order valence-electron chi connectivity index (χ0n) is 7.52. The molecule has 0 fully saturated rings. The van der Waals surface area contributed by atoms with Crippen molar-refractivity contribution in [1.82, 2.24) is 0 Å². The van der Waals surface area contributed by atoms with Gasteiger partial charge in [-0.1, -0.05) is 12.1 Å². The van der Waals surface area contributed by atoms with Gasteiger partial charge in [-0.3, -0.25) is 0 Å². The molecule has 0 saturated heterocycles. The fourth-order valence-corrected chi connectivity index (χ4v) is 1.53. The molecule has 0 saturated carbocycles. The molecule has 0 aliphatic rings. The number of thiol groups is 1. The quantitative estimate of drug-likeness (QED) is 0.731. The van der Waals surface area contributed by atoms with Crippen LogP contribution in [0.5, 0.6) is 0 Å². The predicted molar refractivity (Wildman–Crippen MR) is 53.7 cm³/mol. The Morgan fingerprint density at radius 1 is 1.36 bits per heavy atom. The van der Waals surface area contributed by atoms with Crippen LogP contribution in [0.25, 0.3) is 0 Å². The predicted octanol–water partition coefficient (Wildman–Crippen LogP) is 3.18. The average molecular weight is 221 g/mol. The van der Waals surface area contributed by atoms with E-state index in [0.29, 0.717) is 5.56 Å². The summed E-state index contributed by atoms with van der Waals surface area (Å²) in [6.45, 7) is 0. The lowest BCUT2D eigenvalue weighted by Crippen LogP contribution is -2.10. The van der Waals surface area contributed by atoms with Crippen LogP contribution in [0.15, 0.2) is 18.2 Å². The number of hydrogen-bond acceptors (Lipinski definition) is 2. The molecule has 0 atom stereocenters. The van der Waals surface area contributed by atoms with Gasteiger partial charge < -0.3 is 5.32 Å². The lowest BCUT2D eigenvalue weighted by atomic mass is 10.1. The van der Waals surface area contributed by atoms with Crippen molar-refractivity contribution in [3.63, 3.8) is 0 Å². The number of hydrogen-bond donors (Lipinski definition) is 2. The van der Waals surface area contributed by atoms with E-state index < -0.39 is 11.7 Å². The first kappa shape index (κ1) is 11.2. The third-order valence-corrected chi connectivity index (χ3v) is 2.22. The van der Waals surface area contributed by atoms with Crippen LogP contribution >= 0.6 is 12.6 Å². The molecule has 5 heteroatoms. The molecule has 78 valence electrons. The highest BCUT2D eigenvalue weighted by molar-refractivity contribution is 7.79. The minimum absolute atomic E-state index is 0.106. The molecular weight excluding hydrogens is 211 g/mol. The van der Waals surface area contributed by atoms with Gasteiger partial charge in [0.15, 0.2) is 0 Å². The summed E-state index contributed by atoms with van der Waals surface area (Å²) in [6.07, 6.45) is -4.32. The lowest BCUT2D eigenvalue weighted by Gasteiger charge is -2.15. The topological polar surface area (TPSA) is 12.0 Å². The van der Waals surface area contributed by atoms with Gasteiger partial charge in [0, 0.05) is 12.8 Å². The Kier molecular flexibility index (Phi) is 3.31. The number of nitrogens with one attached hydrogen (secondary N) is 1. The largest absolute Gasteiger partial charge is 0.418 e. The Bertz CT molecular complexity index is 322. The Hall–Kier alpha value is -0.840. The van der Waals surface area contributed by atoms with E-state index in [4.69, 9.17) is 0 Å². The van der Waals surface area contributed by atoms with Crippen LogP contribution in [0, 0.1) is 0 Å². The van der Waals surface area contributed by atoms with Crippen molar-refractivity contribution in [1.29, 1.82) is 0 Å². The molecule has 1 aromatic carbocycles. The Morgan fingerprint density at radius 2 is 2.00 bits per heavy atom. The maximum Gasteiger partial charge on any atom is 0.418 e. The van der Waals surface area contributed by atoms with Gasteiger partial charge >= 0.3 is 6.18 Å². The van der Waals surface area contributed by atoms with E-state index in [1.807, 2.05) is 0 Å². The van der Waals surface area contributed by atoms with Crippen molar-refractivity contribution in [2.24, 2.45) is 0 Å². The average Bonchev–Trinajstić information content (AvgIpc) is 2.15. The van der Waals surface area contributed by atoms with Gasteiger partial charge in [-0.25, -0.2) is 0 Å². The number of anilines is 1. The van der Waals surface area contributed by atoms with E-state index in [1.54, 1.807) is 6.07 Å². The molecular formula is C9H10F3NS. The number of halogens is 3. The van der Waals surface area contributed by atoms with Crippen molar-refractivity contribution in [3.8, 4) is 0 Å². The molecule has 0 heterocycles. The van der Waals surface area contributed by atoms with Crippen LogP contribution in [0.4, 0.5) is 18.9 Å². The van der Waals surface area contributed by atoms with Crippen molar-refractivity contribution in [3.05, 3.63) is 29.3 Å². The molecule has 1 aromatic rings. The van der Waals surface area contributed by atoms with Gasteiger partial charge in [0.05, 0.1) is 11.3 Å². The summed E-state index contributed by atoms with van der Waals surface area (Å²) in [5.41, 5.74) is 0.00667. The van der Waals surface area contributed by atoms with Crippen molar-refractivity contribution < 1.29 is 13.2 Å². The Morgan fingerprint density at radius 3 is 2.43 bits per heavy atom. The van der Waals surface area contributed by atoms with Crippen LogP contribution in [0.2, 0.25) is 0 Å². The molecule has 1 N–H and O–H groups in total. The van der Waals surface area contributed by atoms with Gasteiger partial charge in [-0.2, -0.15) is 25.8 Å². The van der Waals surface area contributed by atoms with Gasteiger partial charge in [0.1, 0.15) is 0 Å². The molecule has 0 aliphatic heterocycles. The van der Waals surface area contributed by atoms with Crippen LogP contribution in [-0.4, -0.2) is 7.05 Å². The van der Waals surface area contributed by atoms with Gasteiger partial charge in [0.25, 0.3) is 0 Å². The standard InChI is InChI=1S/C9H10F3NS/c1-13-8-6(5-14)3-2-4-7(8)9(10,11)12/h2-4,13-14H,5H2,1H3. The summed E-state index contributed by atoms with van der Waals surface area (Å²) in [6, 6.07) is 4.06. The van der Waals surface area contributed by atoms with Gasteiger partial charge in [-0.05, 0) is 11.6 Å². The van der Waals surface area contributed by atoms with E-state index in [2.05, 4.69) is 17.9 Å². The molecule has 1 nitrogen and oxygen atoms in total. The SMILES string of the molecule is CNc1c(CS)cccc1C(F)(F)F. The van der Waals surface area contributed by atoms with Crippen LogP contribution < -0.4 is 5.32 Å². The first-order valence-corrected chi connectivity index (χ1v) is 4.61. The summed E-state index contributed by atoms with van der Waals surface area (Å²) in [5.74, 6) is 0.278. The van der Waals surface area contributed by atoms with Crippen molar-refractivity contribution >= 4 is 18.3 Å². The summed E-state index contributed by atoms with van der Waals surface area (Å²) < 4.78 is 37.5. The van der Waals surface area contributed by atoms with Gasteiger partial charge in [-0.15, -0.1) is 0 Å². The van der Waals surface area contributed by atoms with E-state index >= 15 is 0 Å². The van der Waals surface area contributed by atoms with Crippen LogP contribution in [0.1, 0.15) is 11.1 Å². The smallest absolute Gasteiger partial charge is 0.387 e. The van der Waals surface area contributed by atoms with Crippen molar-refractivity contribution in [2.45, 2.75) is 11.9 Å². The summed E-state index contributed by atoms with van der Waals surface area (Å²) in [5, 5.41) is 2.55. The second-order valence-corrected chi connectivity index (χ2v) is 3.06. The molecule has 0 spiro atoms. The molecule has 0 aliphatic carbocycles. The Balaban J connectivity index is 3.29. The number of benzene rings is 1. The number of rotatable bonds is 2. The molecule has 0 unspecified atom stereocenters. The zero-order chi connectivity index (χ0) is 10.8. The van der Waals surface area contributed by atoms with E-state index in [1.165, 1.54) is 13.1 Å². The van der Waals surface area contributed by atoms with Crippen molar-refractivity contribution in [2.75, 3.05) is 12.4 Å². The number of alkyl halides is 3. The normalized spacial score (nSPS) is 11.5. The highest BCUT2D eigenvalue weighted by Gasteiger charge is 2.33. The maximum absolute atomic E-state index is 12.5. The summed E-state index contributed by atoms with van der Waals surface area (Å²) >= 11 is 3.97. The Labute approximate surface area is 85.7 Å². The summed E-state index contributed by atoms with van der Waals surface area (Å²) in [7, 11) is 1.47. The summed E-state index contributed by atoms with van der Waals surface area (Å²) in [4.78, 5) is 0. The molecule has 0 amide bonds. The van der Waals surface area contributed by atoms with E-state index in [-0.39, 0.29) is 11.4 Å². The van der Waals surface area contributed by atoms with E-state index in [0.717, 1.165) is 6.07 Å². The molecule has 0 aromatic heterocycles. The van der Waals surface area contributed by atoms with Crippen LogP contribution in [0.3, 0.4) is 0 Å². The fourth-order valence-electron chi connectivity index (χ4n) is 1.26. The second kappa shape index (κ2) is 4.13. The molecule has 0 radical (unpaired) electrons. The minimum Gasteiger partial charge on any atom is -0.387 e. The molecule has 1 rings (SSSR count). The molecule has 14 heavy (non-hydrogen) atoms. The zero-order valence-corrected chi connectivity index (χ0v) is 8.41. The maximum atomic E-state index is 12.5. The van der Waals surface area contributed by atoms with E-state index in [9.17, 15) is 13.2 Å².